The number of methoxy groups -OCH3 is 1. The Morgan fingerprint density at radius 2 is 2.00 bits per heavy atom. The molecule has 1 saturated heterocycles. The van der Waals surface area contributed by atoms with Gasteiger partial charge in [0.05, 0.1) is 18.4 Å². The van der Waals surface area contributed by atoms with Gasteiger partial charge in [-0.15, -0.1) is 0 Å². The maximum absolute atomic E-state index is 12.2. The van der Waals surface area contributed by atoms with Crippen molar-refractivity contribution in [3.63, 3.8) is 0 Å². The number of anilines is 2. The SMILES string of the molecule is COc1ccccc1NC(=O)CCN1CCN(c2ncccc2C#N)CC1. The highest BCUT2D eigenvalue weighted by Gasteiger charge is 2.20. The monoisotopic (exact) mass is 365 g/mol. The topological polar surface area (TPSA) is 81.5 Å². The van der Waals surface area contributed by atoms with E-state index in [2.05, 4.69) is 26.2 Å². The number of hydrogen-bond acceptors (Lipinski definition) is 6. The molecular formula is C20H23N5O2. The van der Waals surface area contributed by atoms with Crippen LogP contribution in [0.1, 0.15) is 12.0 Å². The van der Waals surface area contributed by atoms with E-state index in [1.54, 1.807) is 25.4 Å². The number of amides is 1. The average Bonchev–Trinajstić information content (AvgIpc) is 2.73. The van der Waals surface area contributed by atoms with Crippen LogP contribution in [0.4, 0.5) is 11.5 Å². The van der Waals surface area contributed by atoms with Crippen molar-refractivity contribution in [3.8, 4) is 11.8 Å². The lowest BCUT2D eigenvalue weighted by Crippen LogP contribution is -2.47. The molecule has 0 spiro atoms. The van der Waals surface area contributed by atoms with Crippen LogP contribution >= 0.6 is 0 Å². The molecule has 0 unspecified atom stereocenters. The molecule has 1 fully saturated rings. The molecule has 27 heavy (non-hydrogen) atoms. The van der Waals surface area contributed by atoms with Crippen molar-refractivity contribution in [1.82, 2.24) is 9.88 Å². The summed E-state index contributed by atoms with van der Waals surface area (Å²) in [5, 5.41) is 12.1. The number of hydrogen-bond donors (Lipinski definition) is 1. The predicted molar refractivity (Wildman–Crippen MR) is 104 cm³/mol. The lowest BCUT2D eigenvalue weighted by molar-refractivity contribution is -0.116. The maximum Gasteiger partial charge on any atom is 0.225 e. The first-order valence-electron chi connectivity index (χ1n) is 8.96. The van der Waals surface area contributed by atoms with Crippen molar-refractivity contribution in [2.75, 3.05) is 50.1 Å². The molecule has 2 heterocycles. The van der Waals surface area contributed by atoms with Gasteiger partial charge in [-0.2, -0.15) is 5.26 Å². The highest BCUT2D eigenvalue weighted by Crippen LogP contribution is 2.23. The number of pyridine rings is 1. The Morgan fingerprint density at radius 1 is 1.22 bits per heavy atom. The van der Waals surface area contributed by atoms with Gasteiger partial charge in [-0.1, -0.05) is 12.1 Å². The second-order valence-electron chi connectivity index (χ2n) is 6.31. The molecular weight excluding hydrogens is 342 g/mol. The molecule has 1 N–H and O–H groups in total. The van der Waals surface area contributed by atoms with Crippen molar-refractivity contribution in [2.45, 2.75) is 6.42 Å². The summed E-state index contributed by atoms with van der Waals surface area (Å²) in [7, 11) is 1.59. The van der Waals surface area contributed by atoms with Gasteiger partial charge in [-0.25, -0.2) is 4.98 Å². The summed E-state index contributed by atoms with van der Waals surface area (Å²) in [6, 6.07) is 13.1. The summed E-state index contributed by atoms with van der Waals surface area (Å²) >= 11 is 0. The van der Waals surface area contributed by atoms with Crippen LogP contribution in [0.2, 0.25) is 0 Å². The van der Waals surface area contributed by atoms with E-state index >= 15 is 0 Å². The van der Waals surface area contributed by atoms with Gasteiger partial charge in [-0.05, 0) is 24.3 Å². The zero-order valence-electron chi connectivity index (χ0n) is 15.4. The number of ether oxygens (including phenoxy) is 1. The third kappa shape index (κ3) is 4.74. The van der Waals surface area contributed by atoms with E-state index in [0.29, 0.717) is 30.0 Å². The number of benzene rings is 1. The van der Waals surface area contributed by atoms with E-state index in [4.69, 9.17) is 4.74 Å². The van der Waals surface area contributed by atoms with Crippen LogP contribution < -0.4 is 15.0 Å². The number of rotatable bonds is 6. The van der Waals surface area contributed by atoms with Crippen LogP contribution in [0, 0.1) is 11.3 Å². The minimum Gasteiger partial charge on any atom is -0.495 e. The molecule has 3 rings (SSSR count). The van der Waals surface area contributed by atoms with Gasteiger partial charge >= 0.3 is 0 Å². The molecule has 1 amide bonds. The molecule has 1 aliphatic rings. The third-order valence-corrected chi connectivity index (χ3v) is 4.62. The molecule has 0 saturated carbocycles. The minimum atomic E-state index is -0.0292. The Balaban J connectivity index is 1.47. The molecule has 2 aromatic rings. The average molecular weight is 365 g/mol. The van der Waals surface area contributed by atoms with Gasteiger partial charge in [-0.3, -0.25) is 9.69 Å². The first-order chi connectivity index (χ1) is 13.2. The van der Waals surface area contributed by atoms with Crippen LogP contribution in [-0.2, 0) is 4.79 Å². The zero-order valence-corrected chi connectivity index (χ0v) is 15.4. The van der Waals surface area contributed by atoms with Crippen LogP contribution in [0.15, 0.2) is 42.6 Å². The smallest absolute Gasteiger partial charge is 0.225 e. The maximum atomic E-state index is 12.2. The van der Waals surface area contributed by atoms with Crippen LogP contribution in [0.5, 0.6) is 5.75 Å². The zero-order chi connectivity index (χ0) is 19.1. The second-order valence-corrected chi connectivity index (χ2v) is 6.31. The molecule has 140 valence electrons. The summed E-state index contributed by atoms with van der Waals surface area (Å²) in [6.07, 6.45) is 2.13. The largest absolute Gasteiger partial charge is 0.495 e. The van der Waals surface area contributed by atoms with E-state index < -0.39 is 0 Å². The molecule has 1 aromatic heterocycles. The number of para-hydroxylation sites is 2. The number of nitrogens with zero attached hydrogens (tertiary/aromatic N) is 4. The van der Waals surface area contributed by atoms with Crippen molar-refractivity contribution in [1.29, 1.82) is 5.26 Å². The fourth-order valence-electron chi connectivity index (χ4n) is 3.14. The third-order valence-electron chi connectivity index (χ3n) is 4.62. The summed E-state index contributed by atoms with van der Waals surface area (Å²) in [6.45, 7) is 3.95. The molecule has 0 atom stereocenters. The van der Waals surface area contributed by atoms with Gasteiger partial charge < -0.3 is 15.0 Å². The minimum absolute atomic E-state index is 0.0292. The number of nitriles is 1. The van der Waals surface area contributed by atoms with E-state index in [0.717, 1.165) is 32.0 Å². The Hall–Kier alpha value is -3.11. The van der Waals surface area contributed by atoms with E-state index in [1.165, 1.54) is 0 Å². The fourth-order valence-corrected chi connectivity index (χ4v) is 3.14. The molecule has 0 bridgehead atoms. The van der Waals surface area contributed by atoms with E-state index in [1.807, 2.05) is 24.3 Å². The lowest BCUT2D eigenvalue weighted by Gasteiger charge is -2.35. The van der Waals surface area contributed by atoms with Crippen molar-refractivity contribution in [3.05, 3.63) is 48.2 Å². The van der Waals surface area contributed by atoms with Crippen molar-refractivity contribution in [2.24, 2.45) is 0 Å². The summed E-state index contributed by atoms with van der Waals surface area (Å²) in [4.78, 5) is 21.0. The Kier molecular flexibility index (Phi) is 6.23. The summed E-state index contributed by atoms with van der Waals surface area (Å²) in [5.41, 5.74) is 1.29. The van der Waals surface area contributed by atoms with E-state index in [9.17, 15) is 10.1 Å². The second kappa shape index (κ2) is 9.01. The number of carbonyl (C=O) groups excluding carboxylic acids is 1. The molecule has 0 radical (unpaired) electrons. The highest BCUT2D eigenvalue weighted by atomic mass is 16.5. The molecule has 7 heteroatoms. The number of piperazine rings is 1. The van der Waals surface area contributed by atoms with Gasteiger partial charge in [0.25, 0.3) is 0 Å². The fraction of sp³-hybridized carbons (Fsp3) is 0.350. The normalized spacial score (nSPS) is 14.4. The first-order valence-corrected chi connectivity index (χ1v) is 8.96. The summed E-state index contributed by atoms with van der Waals surface area (Å²) in [5.74, 6) is 1.37. The Labute approximate surface area is 159 Å². The quantitative estimate of drug-likeness (QED) is 0.844. The Bertz CT molecular complexity index is 825. The molecule has 7 nitrogen and oxygen atoms in total. The van der Waals surface area contributed by atoms with Gasteiger partial charge in [0.15, 0.2) is 0 Å². The molecule has 1 aromatic carbocycles. The number of nitrogens with one attached hydrogen (secondary N) is 1. The number of aromatic nitrogens is 1. The van der Waals surface area contributed by atoms with E-state index in [-0.39, 0.29) is 5.91 Å². The lowest BCUT2D eigenvalue weighted by atomic mass is 10.2. The van der Waals surface area contributed by atoms with Crippen LogP contribution in [0.25, 0.3) is 0 Å². The highest BCUT2D eigenvalue weighted by molar-refractivity contribution is 5.92. The van der Waals surface area contributed by atoms with Crippen molar-refractivity contribution >= 4 is 17.4 Å². The van der Waals surface area contributed by atoms with Gasteiger partial charge in [0.1, 0.15) is 17.6 Å². The summed E-state index contributed by atoms with van der Waals surface area (Å²) < 4.78 is 5.25. The van der Waals surface area contributed by atoms with Gasteiger partial charge in [0.2, 0.25) is 5.91 Å². The standard InChI is InChI=1S/C20H23N5O2/c1-27-18-7-3-2-6-17(18)23-19(26)8-10-24-11-13-25(14-12-24)20-16(15-21)5-4-9-22-20/h2-7,9H,8,10-14H2,1H3,(H,23,26). The molecule has 1 aliphatic heterocycles. The van der Waals surface area contributed by atoms with Crippen LogP contribution in [-0.4, -0.2) is 55.6 Å². The predicted octanol–water partition coefficient (Wildman–Crippen LogP) is 2.11. The van der Waals surface area contributed by atoms with Crippen LogP contribution in [0.3, 0.4) is 0 Å². The molecule has 0 aliphatic carbocycles. The first kappa shape index (κ1) is 18.7. The number of carbonyl (C=O) groups is 1. The van der Waals surface area contributed by atoms with Gasteiger partial charge in [0, 0.05) is 45.3 Å². The van der Waals surface area contributed by atoms with Crippen molar-refractivity contribution < 1.29 is 9.53 Å². The Morgan fingerprint density at radius 3 is 2.74 bits per heavy atom.